The average Bonchev–Trinajstić information content (AvgIpc) is 2.85. The smallest absolute Gasteiger partial charge is 0.142 e. The third-order valence-electron chi connectivity index (χ3n) is 2.93. The highest BCUT2D eigenvalue weighted by molar-refractivity contribution is 5.69. The Bertz CT molecular complexity index is 717. The lowest BCUT2D eigenvalue weighted by Gasteiger charge is -2.05. The largest absolute Gasteiger partial charge is 0.382 e. The molecule has 0 bridgehead atoms. The first-order valence-corrected chi connectivity index (χ1v) is 5.90. The molecular formula is C14H13N5. The second kappa shape index (κ2) is 4.53. The highest BCUT2D eigenvalue weighted by atomic mass is 15.3. The number of nitrogen functional groups attached to an aromatic ring is 1. The molecule has 0 aliphatic carbocycles. The molecule has 2 N–H and O–H groups in total. The van der Waals surface area contributed by atoms with Crippen molar-refractivity contribution in [1.82, 2.24) is 19.7 Å². The van der Waals surface area contributed by atoms with E-state index in [0.29, 0.717) is 5.82 Å². The molecular weight excluding hydrogens is 238 g/mol. The van der Waals surface area contributed by atoms with Gasteiger partial charge in [-0.05, 0) is 12.1 Å². The fourth-order valence-corrected chi connectivity index (χ4v) is 2.02. The molecule has 0 fully saturated rings. The van der Waals surface area contributed by atoms with Crippen LogP contribution in [0.4, 0.5) is 5.82 Å². The number of rotatable bonds is 2. The summed E-state index contributed by atoms with van der Waals surface area (Å²) < 4.78 is 1.84. The summed E-state index contributed by atoms with van der Waals surface area (Å²) in [6.07, 6.45) is 5.02. The molecule has 19 heavy (non-hydrogen) atoms. The standard InChI is InChI=1S/C14H13N5/c1-19-13(5-6-17-19)11-4-2-3-10(7-11)12-8-16-9-14(15)18-12/h2-9H,1H3,(H2,15,18). The summed E-state index contributed by atoms with van der Waals surface area (Å²) in [5.74, 6) is 0.420. The van der Waals surface area contributed by atoms with Crippen LogP contribution in [-0.2, 0) is 7.05 Å². The van der Waals surface area contributed by atoms with Gasteiger partial charge in [-0.3, -0.25) is 9.67 Å². The SMILES string of the molecule is Cn1nccc1-c1cccc(-c2cncc(N)n2)c1. The van der Waals surface area contributed by atoms with Crippen LogP contribution in [-0.4, -0.2) is 19.7 Å². The van der Waals surface area contributed by atoms with Crippen LogP contribution in [0.25, 0.3) is 22.5 Å². The minimum atomic E-state index is 0.420. The fourth-order valence-electron chi connectivity index (χ4n) is 2.02. The molecule has 3 rings (SSSR count). The zero-order chi connectivity index (χ0) is 13.2. The monoisotopic (exact) mass is 251 g/mol. The van der Waals surface area contributed by atoms with Gasteiger partial charge >= 0.3 is 0 Å². The van der Waals surface area contributed by atoms with Crippen molar-refractivity contribution in [3.8, 4) is 22.5 Å². The fraction of sp³-hybridized carbons (Fsp3) is 0.0714. The van der Waals surface area contributed by atoms with Crippen LogP contribution in [0.3, 0.4) is 0 Å². The van der Waals surface area contributed by atoms with Crippen molar-refractivity contribution in [2.45, 2.75) is 0 Å². The topological polar surface area (TPSA) is 69.6 Å². The number of nitrogens with zero attached hydrogens (tertiary/aromatic N) is 4. The van der Waals surface area contributed by atoms with Crippen molar-refractivity contribution in [3.63, 3.8) is 0 Å². The van der Waals surface area contributed by atoms with E-state index in [4.69, 9.17) is 5.73 Å². The van der Waals surface area contributed by atoms with E-state index in [9.17, 15) is 0 Å². The van der Waals surface area contributed by atoms with E-state index >= 15 is 0 Å². The minimum absolute atomic E-state index is 0.420. The first-order valence-electron chi connectivity index (χ1n) is 5.90. The number of hydrogen-bond acceptors (Lipinski definition) is 4. The number of nitrogens with two attached hydrogens (primary N) is 1. The molecule has 0 saturated heterocycles. The Balaban J connectivity index is 2.08. The molecule has 0 aliphatic rings. The maximum Gasteiger partial charge on any atom is 0.142 e. The molecule has 5 nitrogen and oxygen atoms in total. The normalized spacial score (nSPS) is 10.6. The molecule has 0 spiro atoms. The highest BCUT2D eigenvalue weighted by Crippen LogP contribution is 2.24. The molecule has 94 valence electrons. The van der Waals surface area contributed by atoms with Crippen LogP contribution >= 0.6 is 0 Å². The Hall–Kier alpha value is -2.69. The van der Waals surface area contributed by atoms with Crippen molar-refractivity contribution in [2.75, 3.05) is 5.73 Å². The summed E-state index contributed by atoms with van der Waals surface area (Å²) in [7, 11) is 1.92. The summed E-state index contributed by atoms with van der Waals surface area (Å²) in [5.41, 5.74) is 9.56. The molecule has 0 radical (unpaired) electrons. The molecule has 0 amide bonds. The van der Waals surface area contributed by atoms with Gasteiger partial charge < -0.3 is 5.73 Å². The van der Waals surface area contributed by atoms with Crippen LogP contribution in [0, 0.1) is 0 Å². The van der Waals surface area contributed by atoms with E-state index in [2.05, 4.69) is 21.1 Å². The highest BCUT2D eigenvalue weighted by Gasteiger charge is 2.06. The zero-order valence-corrected chi connectivity index (χ0v) is 10.5. The summed E-state index contributed by atoms with van der Waals surface area (Å²) in [5, 5.41) is 4.18. The van der Waals surface area contributed by atoms with Crippen molar-refractivity contribution in [1.29, 1.82) is 0 Å². The molecule has 3 aromatic rings. The van der Waals surface area contributed by atoms with Gasteiger partial charge in [0.2, 0.25) is 0 Å². The Morgan fingerprint density at radius 3 is 2.68 bits per heavy atom. The zero-order valence-electron chi connectivity index (χ0n) is 10.5. The third-order valence-corrected chi connectivity index (χ3v) is 2.93. The summed E-state index contributed by atoms with van der Waals surface area (Å²) in [4.78, 5) is 8.35. The maximum atomic E-state index is 5.66. The van der Waals surface area contributed by atoms with Crippen LogP contribution in [0.1, 0.15) is 0 Å². The van der Waals surface area contributed by atoms with Crippen LogP contribution in [0.5, 0.6) is 0 Å². The van der Waals surface area contributed by atoms with E-state index in [1.165, 1.54) is 6.20 Å². The summed E-state index contributed by atoms with van der Waals surface area (Å²) >= 11 is 0. The van der Waals surface area contributed by atoms with Crippen LogP contribution in [0.15, 0.2) is 48.9 Å². The van der Waals surface area contributed by atoms with Gasteiger partial charge in [0.25, 0.3) is 0 Å². The van der Waals surface area contributed by atoms with Gasteiger partial charge in [-0.2, -0.15) is 5.10 Å². The summed E-state index contributed by atoms with van der Waals surface area (Å²) in [6.45, 7) is 0. The van der Waals surface area contributed by atoms with E-state index in [1.54, 1.807) is 12.4 Å². The quantitative estimate of drug-likeness (QED) is 0.757. The first-order chi connectivity index (χ1) is 9.24. The lowest BCUT2D eigenvalue weighted by molar-refractivity contribution is 0.776. The van der Waals surface area contributed by atoms with Gasteiger partial charge in [0.1, 0.15) is 5.82 Å². The minimum Gasteiger partial charge on any atom is -0.382 e. The Morgan fingerprint density at radius 1 is 1.11 bits per heavy atom. The average molecular weight is 251 g/mol. The van der Waals surface area contributed by atoms with Gasteiger partial charge in [0, 0.05) is 24.4 Å². The number of anilines is 1. The Kier molecular flexibility index (Phi) is 2.72. The van der Waals surface area contributed by atoms with Crippen molar-refractivity contribution < 1.29 is 0 Å². The molecule has 0 atom stereocenters. The predicted octanol–water partition coefficient (Wildman–Crippen LogP) is 2.13. The molecule has 1 aromatic carbocycles. The molecule has 5 heteroatoms. The van der Waals surface area contributed by atoms with Gasteiger partial charge in [0.05, 0.1) is 23.8 Å². The first kappa shape index (κ1) is 11.4. The molecule has 0 saturated carbocycles. The van der Waals surface area contributed by atoms with Crippen molar-refractivity contribution in [3.05, 3.63) is 48.9 Å². The van der Waals surface area contributed by atoms with Crippen molar-refractivity contribution in [2.24, 2.45) is 7.05 Å². The maximum absolute atomic E-state index is 5.66. The Morgan fingerprint density at radius 2 is 1.95 bits per heavy atom. The van der Waals surface area contributed by atoms with Crippen LogP contribution in [0.2, 0.25) is 0 Å². The molecule has 0 aliphatic heterocycles. The van der Waals surface area contributed by atoms with Gasteiger partial charge in [-0.1, -0.05) is 18.2 Å². The van der Waals surface area contributed by atoms with Gasteiger partial charge in [-0.15, -0.1) is 0 Å². The van der Waals surface area contributed by atoms with Gasteiger partial charge in [-0.25, -0.2) is 4.98 Å². The summed E-state index contributed by atoms with van der Waals surface area (Å²) in [6, 6.07) is 10.1. The van der Waals surface area contributed by atoms with E-state index < -0.39 is 0 Å². The molecule has 2 aromatic heterocycles. The van der Waals surface area contributed by atoms with Crippen LogP contribution < -0.4 is 5.73 Å². The third kappa shape index (κ3) is 2.18. The van der Waals surface area contributed by atoms with E-state index in [-0.39, 0.29) is 0 Å². The molecule has 2 heterocycles. The number of aryl methyl sites for hydroxylation is 1. The number of aromatic nitrogens is 4. The molecule has 0 unspecified atom stereocenters. The van der Waals surface area contributed by atoms with E-state index in [0.717, 1.165) is 22.5 Å². The number of hydrogen-bond donors (Lipinski definition) is 1. The van der Waals surface area contributed by atoms with Crippen molar-refractivity contribution >= 4 is 5.82 Å². The second-order valence-electron chi connectivity index (χ2n) is 4.25. The Labute approximate surface area is 110 Å². The lowest BCUT2D eigenvalue weighted by Crippen LogP contribution is -1.95. The van der Waals surface area contributed by atoms with E-state index in [1.807, 2.05) is 36.0 Å². The van der Waals surface area contributed by atoms with Gasteiger partial charge in [0.15, 0.2) is 0 Å². The predicted molar refractivity (Wildman–Crippen MR) is 74.1 cm³/mol. The number of benzene rings is 1. The second-order valence-corrected chi connectivity index (χ2v) is 4.25. The lowest BCUT2D eigenvalue weighted by atomic mass is 10.1.